The Balaban J connectivity index is 2.20. The minimum atomic E-state index is -0.923. The Morgan fingerprint density at radius 2 is 1.76 bits per heavy atom. The molecule has 0 saturated carbocycles. The van der Waals surface area contributed by atoms with Gasteiger partial charge in [0.15, 0.2) is 6.29 Å². The summed E-state index contributed by atoms with van der Waals surface area (Å²) in [5, 5.41) is 11.6. The number of likely N-dealkylation sites (tertiary alicyclic amines) is 1. The second-order valence-electron chi connectivity index (χ2n) is 6.38. The van der Waals surface area contributed by atoms with Crippen LogP contribution in [0, 0.1) is 0 Å². The first kappa shape index (κ1) is 21.3. The fraction of sp³-hybridized carbons (Fsp3) is 0.238. The molecule has 8 heteroatoms. The van der Waals surface area contributed by atoms with Crippen molar-refractivity contribution in [2.45, 2.75) is 12.3 Å². The molecule has 152 valence electrons. The minimum Gasteiger partial charge on any atom is -0.507 e. The van der Waals surface area contributed by atoms with Crippen LogP contribution in [0.15, 0.2) is 54.1 Å². The summed E-state index contributed by atoms with van der Waals surface area (Å²) in [6.45, 7) is -0.0350. The number of ether oxygens (including phenoxy) is 2. The van der Waals surface area contributed by atoms with E-state index in [0.29, 0.717) is 16.1 Å². The first-order valence-electron chi connectivity index (χ1n) is 8.73. The number of rotatable bonds is 6. The first-order valence-corrected chi connectivity index (χ1v) is 9.49. The minimum absolute atomic E-state index is 0.0350. The zero-order valence-corrected chi connectivity index (χ0v) is 17.3. The van der Waals surface area contributed by atoms with E-state index in [9.17, 15) is 14.7 Å². The molecule has 3 rings (SSSR count). The predicted molar refractivity (Wildman–Crippen MR) is 110 cm³/mol. The number of nitrogens with zero attached hydrogens (tertiary/aromatic N) is 1. The van der Waals surface area contributed by atoms with E-state index in [1.165, 1.54) is 25.2 Å². The Morgan fingerprint density at radius 3 is 2.34 bits per heavy atom. The normalized spacial score (nSPS) is 18.7. The van der Waals surface area contributed by atoms with E-state index in [-0.39, 0.29) is 22.9 Å². The van der Waals surface area contributed by atoms with Gasteiger partial charge in [0, 0.05) is 29.8 Å². The third-order valence-corrected chi connectivity index (χ3v) is 5.28. The molecular formula is C21H19Cl2NO5. The van der Waals surface area contributed by atoms with Crippen molar-refractivity contribution in [2.24, 2.45) is 0 Å². The summed E-state index contributed by atoms with van der Waals surface area (Å²) in [6.07, 6.45) is -0.765. The van der Waals surface area contributed by atoms with Crippen molar-refractivity contribution >= 4 is 40.7 Å². The Bertz CT molecular complexity index is 957. The van der Waals surface area contributed by atoms with Crippen LogP contribution in [-0.2, 0) is 19.1 Å². The summed E-state index contributed by atoms with van der Waals surface area (Å²) in [5.41, 5.74) is 0.811. The molecule has 1 N–H and O–H groups in total. The van der Waals surface area contributed by atoms with Gasteiger partial charge < -0.3 is 19.5 Å². The van der Waals surface area contributed by atoms with E-state index in [2.05, 4.69) is 0 Å². The van der Waals surface area contributed by atoms with Crippen LogP contribution < -0.4 is 0 Å². The summed E-state index contributed by atoms with van der Waals surface area (Å²) in [5.74, 6) is -1.88. The van der Waals surface area contributed by atoms with E-state index >= 15 is 0 Å². The van der Waals surface area contributed by atoms with Gasteiger partial charge in [0.05, 0.1) is 18.2 Å². The van der Waals surface area contributed by atoms with Crippen LogP contribution >= 0.6 is 23.2 Å². The molecule has 0 aliphatic carbocycles. The molecule has 2 aromatic carbocycles. The predicted octanol–water partition coefficient (Wildman–Crippen LogP) is 4.03. The molecule has 1 aliphatic rings. The van der Waals surface area contributed by atoms with E-state index in [4.69, 9.17) is 32.7 Å². The maximum Gasteiger partial charge on any atom is 0.295 e. The number of aliphatic hydroxyl groups is 1. The molecule has 0 spiro atoms. The molecule has 1 saturated heterocycles. The lowest BCUT2D eigenvalue weighted by molar-refractivity contribution is -0.149. The van der Waals surface area contributed by atoms with Crippen molar-refractivity contribution in [3.63, 3.8) is 0 Å². The first-order chi connectivity index (χ1) is 13.9. The fourth-order valence-corrected chi connectivity index (χ4v) is 3.78. The van der Waals surface area contributed by atoms with Gasteiger partial charge in [0.1, 0.15) is 5.76 Å². The summed E-state index contributed by atoms with van der Waals surface area (Å²) in [4.78, 5) is 27.0. The number of halogens is 2. The molecule has 29 heavy (non-hydrogen) atoms. The second kappa shape index (κ2) is 8.97. The van der Waals surface area contributed by atoms with Crippen LogP contribution in [-0.4, -0.2) is 48.8 Å². The number of aliphatic hydroxyl groups excluding tert-OH is 1. The van der Waals surface area contributed by atoms with Crippen LogP contribution in [0.5, 0.6) is 0 Å². The summed E-state index contributed by atoms with van der Waals surface area (Å²) in [6, 6.07) is 12.4. The van der Waals surface area contributed by atoms with Gasteiger partial charge in [-0.05, 0) is 17.7 Å². The third-order valence-electron chi connectivity index (χ3n) is 4.72. The largest absolute Gasteiger partial charge is 0.507 e. The maximum atomic E-state index is 12.9. The van der Waals surface area contributed by atoms with Gasteiger partial charge in [-0.15, -0.1) is 0 Å². The lowest BCUT2D eigenvalue weighted by atomic mass is 9.95. The lowest BCUT2D eigenvalue weighted by Crippen LogP contribution is -2.38. The van der Waals surface area contributed by atoms with E-state index in [1.807, 2.05) is 0 Å². The van der Waals surface area contributed by atoms with Gasteiger partial charge in [0.2, 0.25) is 0 Å². The van der Waals surface area contributed by atoms with Crippen LogP contribution in [0.2, 0.25) is 10.0 Å². The third kappa shape index (κ3) is 4.16. The van der Waals surface area contributed by atoms with Crippen LogP contribution in [0.25, 0.3) is 5.76 Å². The van der Waals surface area contributed by atoms with Gasteiger partial charge in [-0.2, -0.15) is 0 Å². The van der Waals surface area contributed by atoms with Crippen molar-refractivity contribution < 1.29 is 24.2 Å². The number of benzene rings is 2. The molecule has 0 aromatic heterocycles. The monoisotopic (exact) mass is 435 g/mol. The number of methoxy groups -OCH3 is 2. The highest BCUT2D eigenvalue weighted by Gasteiger charge is 2.47. The highest BCUT2D eigenvalue weighted by molar-refractivity contribution is 6.47. The van der Waals surface area contributed by atoms with Gasteiger partial charge in [-0.3, -0.25) is 9.59 Å². The molecule has 6 nitrogen and oxygen atoms in total. The summed E-state index contributed by atoms with van der Waals surface area (Å²) >= 11 is 12.4. The Morgan fingerprint density at radius 1 is 1.10 bits per heavy atom. The number of hydrogen-bond acceptors (Lipinski definition) is 5. The van der Waals surface area contributed by atoms with Gasteiger partial charge in [-0.25, -0.2) is 0 Å². The van der Waals surface area contributed by atoms with Crippen molar-refractivity contribution in [1.82, 2.24) is 4.90 Å². The summed E-state index contributed by atoms with van der Waals surface area (Å²) < 4.78 is 10.4. The van der Waals surface area contributed by atoms with E-state index in [0.717, 1.165) is 0 Å². The molecule has 1 aliphatic heterocycles. The molecular weight excluding hydrogens is 417 g/mol. The highest BCUT2D eigenvalue weighted by Crippen LogP contribution is 2.42. The molecule has 1 amide bonds. The number of ketones is 1. The topological polar surface area (TPSA) is 76.1 Å². The number of carbonyl (C=O) groups is 2. The molecule has 1 fully saturated rings. The zero-order valence-electron chi connectivity index (χ0n) is 15.8. The average Bonchev–Trinajstić information content (AvgIpc) is 2.96. The van der Waals surface area contributed by atoms with Crippen molar-refractivity contribution in [1.29, 1.82) is 0 Å². The Labute approximate surface area is 178 Å². The Kier molecular flexibility index (Phi) is 6.59. The fourth-order valence-electron chi connectivity index (χ4n) is 3.27. The molecule has 1 atom stereocenters. The molecule has 0 bridgehead atoms. The molecule has 2 aromatic rings. The summed E-state index contributed by atoms with van der Waals surface area (Å²) in [7, 11) is 2.86. The average molecular weight is 436 g/mol. The zero-order chi connectivity index (χ0) is 21.1. The quantitative estimate of drug-likeness (QED) is 0.320. The smallest absolute Gasteiger partial charge is 0.295 e. The number of hydrogen-bond donors (Lipinski definition) is 1. The lowest BCUT2D eigenvalue weighted by Gasteiger charge is -2.28. The Hall–Kier alpha value is -2.38. The standard InChI is InChI=1S/C21H19Cl2NO5/c1-28-16(29-2)11-24-18(14-9-8-13(22)10-15(14)23)17(20(26)21(24)27)19(25)12-6-4-3-5-7-12/h3-10,16,18,25H,11H2,1-2H3/t18-/m0/s1. The molecule has 0 radical (unpaired) electrons. The number of Topliss-reactive ketones (excluding diaryl/α,β-unsaturated/α-hetero) is 1. The van der Waals surface area contributed by atoms with Gasteiger partial charge >= 0.3 is 0 Å². The van der Waals surface area contributed by atoms with Crippen molar-refractivity contribution in [2.75, 3.05) is 20.8 Å². The van der Waals surface area contributed by atoms with E-state index in [1.54, 1.807) is 42.5 Å². The number of carbonyl (C=O) groups excluding carboxylic acids is 2. The number of amides is 1. The molecule has 0 unspecified atom stereocenters. The van der Waals surface area contributed by atoms with Crippen molar-refractivity contribution in [3.05, 3.63) is 75.3 Å². The van der Waals surface area contributed by atoms with Crippen LogP contribution in [0.4, 0.5) is 0 Å². The second-order valence-corrected chi connectivity index (χ2v) is 7.23. The van der Waals surface area contributed by atoms with Gasteiger partial charge in [-0.1, -0.05) is 59.6 Å². The molecule has 1 heterocycles. The van der Waals surface area contributed by atoms with Gasteiger partial charge in [0.25, 0.3) is 11.7 Å². The highest BCUT2D eigenvalue weighted by atomic mass is 35.5. The SMILES string of the molecule is COC(CN1C(=O)C(=O)C(=C(O)c2ccccc2)[C@@H]1c1ccc(Cl)cc1Cl)OC. The van der Waals surface area contributed by atoms with Crippen molar-refractivity contribution in [3.8, 4) is 0 Å². The van der Waals surface area contributed by atoms with Crippen LogP contribution in [0.3, 0.4) is 0 Å². The van der Waals surface area contributed by atoms with E-state index < -0.39 is 24.0 Å². The maximum absolute atomic E-state index is 12.9. The van der Waals surface area contributed by atoms with Crippen LogP contribution in [0.1, 0.15) is 17.2 Å².